The normalized spacial score (nSPS) is 21.0. The summed E-state index contributed by atoms with van der Waals surface area (Å²) < 4.78 is 7.41. The maximum atomic E-state index is 10.2. The summed E-state index contributed by atoms with van der Waals surface area (Å²) >= 11 is 0. The number of anilines is 2. The average molecular weight is 438 g/mol. The zero-order valence-electron chi connectivity index (χ0n) is 19.0. The van der Waals surface area contributed by atoms with Crippen LogP contribution in [0.15, 0.2) is 35.6 Å². The summed E-state index contributed by atoms with van der Waals surface area (Å²) in [5, 5.41) is 25.2. The molecule has 0 spiro atoms. The molecule has 1 saturated carbocycles. The zero-order chi connectivity index (χ0) is 22.9. The van der Waals surface area contributed by atoms with Gasteiger partial charge in [-0.15, -0.1) is 5.10 Å². The SMILES string of the molecule is COc1nc(NC2CCC(C)(O)CC2)nn2ccc(-c3ccc(N=N)c(NC(C)C)c3)c12. The highest BCUT2D eigenvalue weighted by Crippen LogP contribution is 2.36. The second-order valence-electron chi connectivity index (χ2n) is 9.03. The molecule has 0 atom stereocenters. The molecule has 1 aliphatic carbocycles. The summed E-state index contributed by atoms with van der Waals surface area (Å²) in [4.78, 5) is 4.62. The number of rotatable bonds is 7. The van der Waals surface area contributed by atoms with Gasteiger partial charge in [0.25, 0.3) is 0 Å². The van der Waals surface area contributed by atoms with Crippen molar-refractivity contribution in [2.24, 2.45) is 5.11 Å². The third-order valence-corrected chi connectivity index (χ3v) is 5.94. The molecular formula is C23H31N7O2. The van der Waals surface area contributed by atoms with Gasteiger partial charge in [-0.25, -0.2) is 10.0 Å². The lowest BCUT2D eigenvalue weighted by Crippen LogP contribution is -2.36. The summed E-state index contributed by atoms with van der Waals surface area (Å²) in [5.41, 5.74) is 10.9. The first kappa shape index (κ1) is 22.0. The minimum atomic E-state index is -0.581. The van der Waals surface area contributed by atoms with Crippen LogP contribution in [0.5, 0.6) is 5.88 Å². The lowest BCUT2D eigenvalue weighted by molar-refractivity contribution is 0.0195. The van der Waals surface area contributed by atoms with Crippen molar-refractivity contribution in [3.8, 4) is 17.0 Å². The molecule has 1 aliphatic rings. The Bertz CT molecular complexity index is 1110. The fraction of sp³-hybridized carbons (Fsp3) is 0.478. The fourth-order valence-corrected chi connectivity index (χ4v) is 4.22. The van der Waals surface area contributed by atoms with E-state index < -0.39 is 5.60 Å². The molecule has 2 aromatic heterocycles. The van der Waals surface area contributed by atoms with E-state index in [1.54, 1.807) is 11.6 Å². The first-order valence-corrected chi connectivity index (χ1v) is 11.0. The first-order chi connectivity index (χ1) is 15.3. The lowest BCUT2D eigenvalue weighted by Gasteiger charge is -2.33. The number of methoxy groups -OCH3 is 1. The fourth-order valence-electron chi connectivity index (χ4n) is 4.22. The number of aliphatic hydroxyl groups is 1. The van der Waals surface area contributed by atoms with E-state index in [0.717, 1.165) is 48.0 Å². The number of benzene rings is 1. The third-order valence-electron chi connectivity index (χ3n) is 5.94. The quantitative estimate of drug-likeness (QED) is 0.386. The van der Waals surface area contributed by atoms with Crippen molar-refractivity contribution < 1.29 is 9.84 Å². The smallest absolute Gasteiger partial charge is 0.244 e. The Morgan fingerprint density at radius 2 is 2.03 bits per heavy atom. The van der Waals surface area contributed by atoms with Gasteiger partial charge in [0.2, 0.25) is 11.8 Å². The summed E-state index contributed by atoms with van der Waals surface area (Å²) in [7, 11) is 1.61. The molecular weight excluding hydrogens is 406 g/mol. The van der Waals surface area contributed by atoms with Crippen LogP contribution in [0.3, 0.4) is 0 Å². The molecule has 0 radical (unpaired) electrons. The van der Waals surface area contributed by atoms with Crippen LogP contribution in [-0.4, -0.2) is 44.5 Å². The summed E-state index contributed by atoms with van der Waals surface area (Å²) in [6, 6.07) is 8.18. The van der Waals surface area contributed by atoms with E-state index >= 15 is 0 Å². The summed E-state index contributed by atoms with van der Waals surface area (Å²) in [5.74, 6) is 0.992. The Balaban J connectivity index is 1.67. The Labute approximate surface area is 187 Å². The van der Waals surface area contributed by atoms with Gasteiger partial charge in [-0.1, -0.05) is 6.07 Å². The maximum Gasteiger partial charge on any atom is 0.244 e. The van der Waals surface area contributed by atoms with E-state index in [0.29, 0.717) is 17.5 Å². The van der Waals surface area contributed by atoms with E-state index in [4.69, 9.17) is 10.3 Å². The molecule has 9 nitrogen and oxygen atoms in total. The van der Waals surface area contributed by atoms with Crippen molar-refractivity contribution in [1.29, 1.82) is 5.53 Å². The molecule has 0 saturated heterocycles. The van der Waals surface area contributed by atoms with Crippen LogP contribution in [0, 0.1) is 5.53 Å². The molecule has 9 heteroatoms. The number of aromatic nitrogens is 3. The number of hydrogen-bond acceptors (Lipinski definition) is 8. The Morgan fingerprint density at radius 3 is 2.69 bits per heavy atom. The second kappa shape index (κ2) is 8.74. The van der Waals surface area contributed by atoms with Crippen molar-refractivity contribution in [2.45, 2.75) is 64.1 Å². The molecule has 4 N–H and O–H groups in total. The van der Waals surface area contributed by atoms with Crippen LogP contribution in [-0.2, 0) is 0 Å². The molecule has 170 valence electrons. The monoisotopic (exact) mass is 437 g/mol. The van der Waals surface area contributed by atoms with E-state index in [9.17, 15) is 5.11 Å². The zero-order valence-corrected chi connectivity index (χ0v) is 19.0. The molecule has 0 unspecified atom stereocenters. The molecule has 3 aromatic rings. The Hall–Kier alpha value is -3.20. The highest BCUT2D eigenvalue weighted by Gasteiger charge is 2.29. The van der Waals surface area contributed by atoms with Gasteiger partial charge in [0, 0.05) is 23.8 Å². The molecule has 32 heavy (non-hydrogen) atoms. The lowest BCUT2D eigenvalue weighted by atomic mass is 9.84. The highest BCUT2D eigenvalue weighted by molar-refractivity contribution is 5.87. The molecule has 1 fully saturated rings. The highest BCUT2D eigenvalue weighted by atomic mass is 16.5. The van der Waals surface area contributed by atoms with Crippen molar-refractivity contribution in [3.05, 3.63) is 30.5 Å². The van der Waals surface area contributed by atoms with Gasteiger partial charge in [-0.3, -0.25) is 0 Å². The number of nitrogens with zero attached hydrogens (tertiary/aromatic N) is 4. The van der Waals surface area contributed by atoms with Crippen LogP contribution in [0.25, 0.3) is 16.6 Å². The second-order valence-corrected chi connectivity index (χ2v) is 9.03. The van der Waals surface area contributed by atoms with Gasteiger partial charge in [0.05, 0.1) is 18.4 Å². The largest absolute Gasteiger partial charge is 0.479 e. The standard InChI is InChI=1S/C23H31N7O2/c1-14(2)25-19-13-15(5-6-18(19)28-24)17-9-12-30-20(17)21(32-4)27-22(29-30)26-16-7-10-23(3,31)11-8-16/h5-6,9,12-14,16,24-25,31H,7-8,10-11H2,1-4H3,(H,26,29). The molecule has 0 aliphatic heterocycles. The number of nitrogens with one attached hydrogen (secondary N) is 3. The van der Waals surface area contributed by atoms with E-state index in [-0.39, 0.29) is 12.1 Å². The molecule has 0 amide bonds. The summed E-state index contributed by atoms with van der Waals surface area (Å²) in [6.45, 7) is 5.99. The maximum absolute atomic E-state index is 10.2. The first-order valence-electron chi connectivity index (χ1n) is 11.0. The minimum absolute atomic E-state index is 0.214. The van der Waals surface area contributed by atoms with E-state index in [2.05, 4.69) is 25.8 Å². The van der Waals surface area contributed by atoms with Crippen LogP contribution < -0.4 is 15.4 Å². The van der Waals surface area contributed by atoms with E-state index in [1.165, 1.54) is 0 Å². The topological polar surface area (TPSA) is 120 Å². The van der Waals surface area contributed by atoms with Gasteiger partial charge in [-0.2, -0.15) is 10.1 Å². The van der Waals surface area contributed by atoms with Gasteiger partial charge in [0.1, 0.15) is 11.2 Å². The predicted octanol–water partition coefficient (Wildman–Crippen LogP) is 4.99. The van der Waals surface area contributed by atoms with E-state index in [1.807, 2.05) is 51.2 Å². The third kappa shape index (κ3) is 4.52. The van der Waals surface area contributed by atoms with Gasteiger partial charge >= 0.3 is 0 Å². The van der Waals surface area contributed by atoms with Crippen molar-refractivity contribution in [1.82, 2.24) is 14.6 Å². The number of hydrogen-bond donors (Lipinski definition) is 4. The van der Waals surface area contributed by atoms with Crippen LogP contribution in [0.1, 0.15) is 46.5 Å². The summed E-state index contributed by atoms with van der Waals surface area (Å²) in [6.07, 6.45) is 5.14. The average Bonchev–Trinajstić information content (AvgIpc) is 3.18. The van der Waals surface area contributed by atoms with Crippen LogP contribution in [0.2, 0.25) is 0 Å². The molecule has 1 aromatic carbocycles. The van der Waals surface area contributed by atoms with Crippen molar-refractivity contribution >= 4 is 22.8 Å². The Morgan fingerprint density at radius 1 is 1.28 bits per heavy atom. The predicted molar refractivity (Wildman–Crippen MR) is 125 cm³/mol. The molecule has 2 heterocycles. The Kier molecular flexibility index (Phi) is 6.01. The molecule has 0 bridgehead atoms. The van der Waals surface area contributed by atoms with Crippen LogP contribution in [0.4, 0.5) is 17.3 Å². The van der Waals surface area contributed by atoms with Gasteiger partial charge < -0.3 is 20.5 Å². The van der Waals surface area contributed by atoms with Gasteiger partial charge in [0.15, 0.2) is 0 Å². The van der Waals surface area contributed by atoms with Crippen LogP contribution >= 0.6 is 0 Å². The molecule has 4 rings (SSSR count). The van der Waals surface area contributed by atoms with Gasteiger partial charge in [-0.05, 0) is 70.2 Å². The van der Waals surface area contributed by atoms with Crippen molar-refractivity contribution in [2.75, 3.05) is 17.7 Å². The number of fused-ring (bicyclic) bond motifs is 1. The van der Waals surface area contributed by atoms with Crippen molar-refractivity contribution in [3.63, 3.8) is 0 Å². The minimum Gasteiger partial charge on any atom is -0.479 e. The number of ether oxygens (including phenoxy) is 1.